The van der Waals surface area contributed by atoms with E-state index in [1.807, 2.05) is 4.57 Å². The summed E-state index contributed by atoms with van der Waals surface area (Å²) in [7, 11) is 0. The number of carbonyl (C=O) groups is 1. The summed E-state index contributed by atoms with van der Waals surface area (Å²) in [6.45, 7) is 0. The zero-order chi connectivity index (χ0) is 25.4. The first kappa shape index (κ1) is 25.0. The van der Waals surface area contributed by atoms with Crippen LogP contribution in [0.2, 0.25) is 10.0 Å². The number of nitrogens with two attached hydrogens (primary N) is 1. The molecule has 192 valence electrons. The van der Waals surface area contributed by atoms with Crippen molar-refractivity contribution in [2.75, 3.05) is 10.6 Å². The van der Waals surface area contributed by atoms with Crippen LogP contribution >= 0.6 is 23.2 Å². The number of aliphatic hydroxyl groups excluding tert-OH is 1. The van der Waals surface area contributed by atoms with E-state index in [1.54, 1.807) is 6.20 Å². The summed E-state index contributed by atoms with van der Waals surface area (Å²) in [6, 6.07) is 2.46. The minimum absolute atomic E-state index is 0.0507. The maximum absolute atomic E-state index is 14.7. The summed E-state index contributed by atoms with van der Waals surface area (Å²) in [4.78, 5) is 25.5. The lowest BCUT2D eigenvalue weighted by molar-refractivity contribution is -0.122. The van der Waals surface area contributed by atoms with Gasteiger partial charge in [0.1, 0.15) is 11.3 Å². The van der Waals surface area contributed by atoms with Crippen molar-refractivity contribution in [1.82, 2.24) is 19.5 Å². The van der Waals surface area contributed by atoms with Gasteiger partial charge in [-0.15, -0.1) is 0 Å². The fourth-order valence-electron chi connectivity index (χ4n) is 5.23. The maximum Gasteiger partial charge on any atom is 0.225 e. The van der Waals surface area contributed by atoms with Crippen LogP contribution in [0.3, 0.4) is 0 Å². The van der Waals surface area contributed by atoms with Crippen LogP contribution in [0.5, 0.6) is 0 Å². The number of carbonyl (C=O) groups excluding carboxylic acids is 1. The first-order valence-corrected chi connectivity index (χ1v) is 13.0. The second-order valence-corrected chi connectivity index (χ2v) is 10.4. The second kappa shape index (κ2) is 10.4. The molecule has 2 fully saturated rings. The van der Waals surface area contributed by atoms with E-state index in [1.165, 1.54) is 12.1 Å². The van der Waals surface area contributed by atoms with Gasteiger partial charge in [0.25, 0.3) is 0 Å². The van der Waals surface area contributed by atoms with Gasteiger partial charge in [-0.3, -0.25) is 9.36 Å². The van der Waals surface area contributed by atoms with Gasteiger partial charge in [-0.2, -0.15) is 4.98 Å². The Balaban J connectivity index is 1.53. The number of primary amides is 1. The van der Waals surface area contributed by atoms with E-state index < -0.39 is 11.9 Å². The zero-order valence-electron chi connectivity index (χ0n) is 19.6. The molecular weight excluding hydrogens is 508 g/mol. The van der Waals surface area contributed by atoms with Crippen LogP contribution in [0, 0.1) is 11.7 Å². The largest absolute Gasteiger partial charge is 0.391 e. The van der Waals surface area contributed by atoms with Crippen LogP contribution in [-0.2, 0) is 4.79 Å². The van der Waals surface area contributed by atoms with Crippen LogP contribution < -0.4 is 16.4 Å². The van der Waals surface area contributed by atoms with Crippen molar-refractivity contribution in [3.05, 3.63) is 34.2 Å². The number of hydrogen-bond donors (Lipinski definition) is 4. The molecule has 0 spiro atoms. The van der Waals surface area contributed by atoms with Crippen molar-refractivity contribution in [1.29, 1.82) is 0 Å². The van der Waals surface area contributed by atoms with Crippen molar-refractivity contribution in [2.45, 2.75) is 69.6 Å². The van der Waals surface area contributed by atoms with E-state index in [4.69, 9.17) is 33.9 Å². The van der Waals surface area contributed by atoms with Crippen molar-refractivity contribution in [2.24, 2.45) is 11.7 Å². The predicted molar refractivity (Wildman–Crippen MR) is 137 cm³/mol. The Bertz CT molecular complexity index is 1260. The third kappa shape index (κ3) is 5.07. The lowest BCUT2D eigenvalue weighted by Gasteiger charge is -2.29. The minimum atomic E-state index is -0.608. The molecule has 9 nitrogen and oxygen atoms in total. The second-order valence-electron chi connectivity index (χ2n) is 9.59. The van der Waals surface area contributed by atoms with Gasteiger partial charge in [0.15, 0.2) is 5.65 Å². The lowest BCUT2D eigenvalue weighted by atomic mass is 9.85. The molecule has 0 saturated heterocycles. The van der Waals surface area contributed by atoms with E-state index >= 15 is 0 Å². The first-order chi connectivity index (χ1) is 17.3. The molecule has 2 aliphatic rings. The highest BCUT2D eigenvalue weighted by molar-refractivity contribution is 6.36. The third-order valence-electron chi connectivity index (χ3n) is 7.18. The number of halogens is 3. The molecule has 36 heavy (non-hydrogen) atoms. The molecule has 12 heteroatoms. The van der Waals surface area contributed by atoms with Crippen LogP contribution in [0.25, 0.3) is 11.2 Å². The van der Waals surface area contributed by atoms with Gasteiger partial charge in [0.2, 0.25) is 17.8 Å². The predicted octanol–water partition coefficient (Wildman–Crippen LogP) is 4.95. The van der Waals surface area contributed by atoms with E-state index in [9.17, 15) is 14.3 Å². The molecule has 2 heterocycles. The number of imidazole rings is 1. The zero-order valence-corrected chi connectivity index (χ0v) is 21.1. The Morgan fingerprint density at radius 3 is 2.56 bits per heavy atom. The summed E-state index contributed by atoms with van der Waals surface area (Å²) < 4.78 is 16.7. The van der Waals surface area contributed by atoms with Crippen molar-refractivity contribution < 1.29 is 14.3 Å². The number of benzene rings is 1. The molecule has 0 aliphatic heterocycles. The SMILES string of the molecule is NC(=O)[C@H]1CC[C@@H](n2c(Nc3c(F)cc(Cl)cc3Cl)nc3cnc(N[C@@H]4CCCC[C@H]4O)nc32)CC1. The highest BCUT2D eigenvalue weighted by atomic mass is 35.5. The Hall–Kier alpha value is -2.69. The molecule has 2 aromatic heterocycles. The van der Waals surface area contributed by atoms with E-state index in [-0.39, 0.29) is 39.6 Å². The molecule has 0 unspecified atom stereocenters. The number of amides is 1. The average molecular weight is 536 g/mol. The monoisotopic (exact) mass is 535 g/mol. The fraction of sp³-hybridized carbons (Fsp3) is 0.500. The van der Waals surface area contributed by atoms with Crippen LogP contribution in [0.1, 0.15) is 57.4 Å². The number of nitrogens with one attached hydrogen (secondary N) is 2. The third-order valence-corrected chi connectivity index (χ3v) is 7.70. The normalized spacial score (nSPS) is 24.6. The fourth-order valence-corrected chi connectivity index (χ4v) is 5.75. The average Bonchev–Trinajstić information content (AvgIpc) is 3.20. The summed E-state index contributed by atoms with van der Waals surface area (Å²) in [5, 5.41) is 17.0. The summed E-state index contributed by atoms with van der Waals surface area (Å²) >= 11 is 12.2. The number of rotatable bonds is 6. The highest BCUT2D eigenvalue weighted by Crippen LogP contribution is 2.38. The van der Waals surface area contributed by atoms with Gasteiger partial charge in [-0.25, -0.2) is 14.4 Å². The Labute approximate surface area is 217 Å². The van der Waals surface area contributed by atoms with Crippen LogP contribution in [0.15, 0.2) is 18.3 Å². The maximum atomic E-state index is 14.7. The molecule has 2 aliphatic carbocycles. The van der Waals surface area contributed by atoms with Gasteiger partial charge < -0.3 is 21.5 Å². The van der Waals surface area contributed by atoms with Gasteiger partial charge in [0.05, 0.1) is 29.1 Å². The van der Waals surface area contributed by atoms with Crippen molar-refractivity contribution >= 4 is 57.9 Å². The van der Waals surface area contributed by atoms with Gasteiger partial charge in [-0.05, 0) is 50.7 Å². The number of aromatic nitrogens is 4. The van der Waals surface area contributed by atoms with E-state index in [2.05, 4.69) is 20.6 Å². The summed E-state index contributed by atoms with van der Waals surface area (Å²) in [6.07, 6.45) is 7.38. The molecule has 0 radical (unpaired) electrons. The quantitative estimate of drug-likeness (QED) is 0.351. The Morgan fingerprint density at radius 2 is 1.86 bits per heavy atom. The molecule has 3 aromatic rings. The molecule has 1 aromatic carbocycles. The summed E-state index contributed by atoms with van der Waals surface area (Å²) in [5.74, 6) is -0.321. The summed E-state index contributed by atoms with van der Waals surface area (Å²) in [5.41, 5.74) is 6.67. The topological polar surface area (TPSA) is 131 Å². The van der Waals surface area contributed by atoms with Gasteiger partial charge in [-0.1, -0.05) is 36.0 Å². The Morgan fingerprint density at radius 1 is 1.11 bits per heavy atom. The smallest absolute Gasteiger partial charge is 0.225 e. The molecule has 5 N–H and O–H groups in total. The van der Waals surface area contributed by atoms with E-state index in [0.717, 1.165) is 25.7 Å². The number of aliphatic hydroxyl groups is 1. The molecule has 2 atom stereocenters. The van der Waals surface area contributed by atoms with Crippen molar-refractivity contribution in [3.63, 3.8) is 0 Å². The minimum Gasteiger partial charge on any atom is -0.391 e. The first-order valence-electron chi connectivity index (χ1n) is 12.2. The van der Waals surface area contributed by atoms with E-state index in [0.29, 0.717) is 48.7 Å². The van der Waals surface area contributed by atoms with Gasteiger partial charge in [0, 0.05) is 17.0 Å². The highest BCUT2D eigenvalue weighted by Gasteiger charge is 2.30. The number of fused-ring (bicyclic) bond motifs is 1. The van der Waals surface area contributed by atoms with Gasteiger partial charge >= 0.3 is 0 Å². The Kier molecular flexibility index (Phi) is 7.18. The molecule has 2 saturated carbocycles. The standard InChI is InChI=1S/C24H28Cl2FN7O2/c25-13-9-15(26)20(16(27)10-13)32-24-31-18-11-29-23(30-17-3-1-2-4-19(17)35)33-22(18)34(24)14-7-5-12(6-8-14)21(28)36/h9-12,14,17,19,35H,1-8H2,(H2,28,36)(H,31,32)(H,29,30,33)/t12-,14+,17-,19-/m1/s1. The number of nitrogens with zero attached hydrogens (tertiary/aromatic N) is 4. The molecule has 5 rings (SSSR count). The molecule has 1 amide bonds. The lowest BCUT2D eigenvalue weighted by Crippen LogP contribution is -2.36. The number of hydrogen-bond acceptors (Lipinski definition) is 7. The van der Waals surface area contributed by atoms with Crippen LogP contribution in [0.4, 0.5) is 22.0 Å². The molecular formula is C24H28Cl2FN7O2. The number of anilines is 3. The molecule has 0 bridgehead atoms. The van der Waals surface area contributed by atoms with Crippen LogP contribution in [-0.4, -0.2) is 42.7 Å². The van der Waals surface area contributed by atoms with Crippen molar-refractivity contribution in [3.8, 4) is 0 Å².